The van der Waals surface area contributed by atoms with Crippen molar-refractivity contribution in [2.45, 2.75) is 188 Å². The van der Waals surface area contributed by atoms with Gasteiger partial charge in [-0.05, 0) is 5.92 Å². The summed E-state index contributed by atoms with van der Waals surface area (Å²) in [6, 6.07) is 0. The number of hydrogen-bond acceptors (Lipinski definition) is 0. The SMILES string of the molecule is CCCCCCCCCCCCC(CCCCCC)CCCCCCCCCCC. The fourth-order valence-electron chi connectivity index (χ4n) is 4.96. The summed E-state index contributed by atoms with van der Waals surface area (Å²) in [5.74, 6) is 1.04. The number of hydrogen-bond donors (Lipinski definition) is 0. The summed E-state index contributed by atoms with van der Waals surface area (Å²) in [7, 11) is 0. The second kappa shape index (κ2) is 27.0. The largest absolute Gasteiger partial charge is 0.0654 e. The van der Waals surface area contributed by atoms with Crippen LogP contribution in [-0.2, 0) is 0 Å². The van der Waals surface area contributed by atoms with Gasteiger partial charge in [0.1, 0.15) is 0 Å². The van der Waals surface area contributed by atoms with Crippen LogP contribution < -0.4 is 0 Å². The molecule has 0 radical (unpaired) electrons. The van der Waals surface area contributed by atoms with Gasteiger partial charge in [0.25, 0.3) is 0 Å². The topological polar surface area (TPSA) is 0 Å². The molecular formula is C30H62. The normalized spacial score (nSPS) is 12.5. The molecule has 1 unspecified atom stereocenters. The molecule has 0 nitrogen and oxygen atoms in total. The molecule has 0 heterocycles. The Bertz CT molecular complexity index is 282. The molecule has 30 heavy (non-hydrogen) atoms. The zero-order chi connectivity index (χ0) is 22.0. The summed E-state index contributed by atoms with van der Waals surface area (Å²) in [6.07, 6.45) is 38.3. The Hall–Kier alpha value is 0. The fraction of sp³-hybridized carbons (Fsp3) is 1.00. The predicted molar refractivity (Wildman–Crippen MR) is 141 cm³/mol. The summed E-state index contributed by atoms with van der Waals surface area (Å²) in [4.78, 5) is 0. The molecule has 0 fully saturated rings. The fourth-order valence-corrected chi connectivity index (χ4v) is 4.96. The molecule has 0 aliphatic rings. The Balaban J connectivity index is 3.69. The van der Waals surface area contributed by atoms with Crippen molar-refractivity contribution in [2.75, 3.05) is 0 Å². The molecule has 182 valence electrons. The second-order valence-corrected chi connectivity index (χ2v) is 10.3. The molecule has 0 aliphatic carbocycles. The van der Waals surface area contributed by atoms with Gasteiger partial charge in [-0.2, -0.15) is 0 Å². The third-order valence-corrected chi connectivity index (χ3v) is 7.15. The zero-order valence-corrected chi connectivity index (χ0v) is 22.0. The first-order valence-corrected chi connectivity index (χ1v) is 14.8. The van der Waals surface area contributed by atoms with Crippen molar-refractivity contribution in [3.63, 3.8) is 0 Å². The molecule has 0 N–H and O–H groups in total. The smallest absolute Gasteiger partial charge is 0.0414 e. The molecular weight excluding hydrogens is 360 g/mol. The lowest BCUT2D eigenvalue weighted by Crippen LogP contribution is -2.01. The van der Waals surface area contributed by atoms with Gasteiger partial charge in [0.2, 0.25) is 0 Å². The molecule has 1 atom stereocenters. The van der Waals surface area contributed by atoms with E-state index in [9.17, 15) is 0 Å². The average Bonchev–Trinajstić information content (AvgIpc) is 2.76. The first-order valence-electron chi connectivity index (χ1n) is 14.8. The molecule has 0 aromatic carbocycles. The van der Waals surface area contributed by atoms with Crippen molar-refractivity contribution in [1.82, 2.24) is 0 Å². The van der Waals surface area contributed by atoms with Gasteiger partial charge in [-0.1, -0.05) is 188 Å². The van der Waals surface area contributed by atoms with Crippen LogP contribution in [-0.4, -0.2) is 0 Å². The monoisotopic (exact) mass is 422 g/mol. The summed E-state index contributed by atoms with van der Waals surface area (Å²) in [5.41, 5.74) is 0. The van der Waals surface area contributed by atoms with Gasteiger partial charge in [-0.25, -0.2) is 0 Å². The van der Waals surface area contributed by atoms with Crippen molar-refractivity contribution in [3.8, 4) is 0 Å². The Labute approximate surface area is 193 Å². The lowest BCUT2D eigenvalue weighted by atomic mass is 9.89. The summed E-state index contributed by atoms with van der Waals surface area (Å²) >= 11 is 0. The van der Waals surface area contributed by atoms with E-state index in [1.807, 2.05) is 0 Å². The second-order valence-electron chi connectivity index (χ2n) is 10.3. The molecule has 0 spiro atoms. The first kappa shape index (κ1) is 30.0. The third kappa shape index (κ3) is 24.3. The molecule has 0 amide bonds. The van der Waals surface area contributed by atoms with E-state index >= 15 is 0 Å². The maximum atomic E-state index is 2.34. The molecule has 0 aromatic heterocycles. The van der Waals surface area contributed by atoms with E-state index in [1.54, 1.807) is 0 Å². The summed E-state index contributed by atoms with van der Waals surface area (Å²) in [6.45, 7) is 6.96. The Morgan fingerprint density at radius 2 is 0.467 bits per heavy atom. The highest BCUT2D eigenvalue weighted by molar-refractivity contribution is 4.62. The first-order chi connectivity index (χ1) is 14.8. The van der Waals surface area contributed by atoms with Crippen molar-refractivity contribution >= 4 is 0 Å². The van der Waals surface area contributed by atoms with Crippen molar-refractivity contribution in [1.29, 1.82) is 0 Å². The van der Waals surface area contributed by atoms with Gasteiger partial charge in [-0.3, -0.25) is 0 Å². The van der Waals surface area contributed by atoms with Crippen LogP contribution in [0.2, 0.25) is 0 Å². The minimum Gasteiger partial charge on any atom is -0.0654 e. The molecule has 0 bridgehead atoms. The molecule has 0 aliphatic heterocycles. The third-order valence-electron chi connectivity index (χ3n) is 7.15. The van der Waals surface area contributed by atoms with E-state index < -0.39 is 0 Å². The maximum Gasteiger partial charge on any atom is -0.0414 e. The zero-order valence-electron chi connectivity index (χ0n) is 22.0. The number of rotatable bonds is 26. The average molecular weight is 423 g/mol. The summed E-state index contributed by atoms with van der Waals surface area (Å²) < 4.78 is 0. The molecule has 0 aromatic rings. The van der Waals surface area contributed by atoms with Gasteiger partial charge < -0.3 is 0 Å². The van der Waals surface area contributed by atoms with Crippen LogP contribution in [0.5, 0.6) is 0 Å². The highest BCUT2D eigenvalue weighted by Gasteiger charge is 2.08. The van der Waals surface area contributed by atoms with Crippen molar-refractivity contribution < 1.29 is 0 Å². The van der Waals surface area contributed by atoms with Crippen molar-refractivity contribution in [2.24, 2.45) is 5.92 Å². The lowest BCUT2D eigenvalue weighted by Gasteiger charge is -2.17. The van der Waals surface area contributed by atoms with Gasteiger partial charge in [0.05, 0.1) is 0 Å². The quantitative estimate of drug-likeness (QED) is 0.122. The molecule has 0 heteroatoms. The minimum absolute atomic E-state index is 1.04. The van der Waals surface area contributed by atoms with E-state index in [4.69, 9.17) is 0 Å². The van der Waals surface area contributed by atoms with Gasteiger partial charge >= 0.3 is 0 Å². The van der Waals surface area contributed by atoms with Crippen LogP contribution in [0, 0.1) is 5.92 Å². The van der Waals surface area contributed by atoms with Crippen LogP contribution in [0.15, 0.2) is 0 Å². The van der Waals surface area contributed by atoms with E-state index in [2.05, 4.69) is 20.8 Å². The summed E-state index contributed by atoms with van der Waals surface area (Å²) in [5, 5.41) is 0. The van der Waals surface area contributed by atoms with E-state index in [-0.39, 0.29) is 0 Å². The highest BCUT2D eigenvalue weighted by atomic mass is 14.1. The Morgan fingerprint density at radius 1 is 0.267 bits per heavy atom. The molecule has 0 saturated heterocycles. The van der Waals surface area contributed by atoms with Gasteiger partial charge in [0.15, 0.2) is 0 Å². The predicted octanol–water partition coefficient (Wildman–Crippen LogP) is 11.8. The standard InChI is InChI=1S/C30H62/c1-4-7-10-13-15-17-19-21-23-26-29-30(27-24-12-9-6-3)28-25-22-20-18-16-14-11-8-5-2/h30H,4-29H2,1-3H3. The lowest BCUT2D eigenvalue weighted by molar-refractivity contribution is 0.366. The van der Waals surface area contributed by atoms with Crippen LogP contribution in [0.3, 0.4) is 0 Å². The van der Waals surface area contributed by atoms with Gasteiger partial charge in [-0.15, -0.1) is 0 Å². The molecule has 0 rings (SSSR count). The van der Waals surface area contributed by atoms with Crippen LogP contribution >= 0.6 is 0 Å². The van der Waals surface area contributed by atoms with Crippen molar-refractivity contribution in [3.05, 3.63) is 0 Å². The van der Waals surface area contributed by atoms with Crippen LogP contribution in [0.4, 0.5) is 0 Å². The molecule has 0 saturated carbocycles. The van der Waals surface area contributed by atoms with E-state index in [1.165, 1.54) is 167 Å². The maximum absolute atomic E-state index is 2.34. The van der Waals surface area contributed by atoms with E-state index in [0.29, 0.717) is 0 Å². The van der Waals surface area contributed by atoms with Gasteiger partial charge in [0, 0.05) is 0 Å². The highest BCUT2D eigenvalue weighted by Crippen LogP contribution is 2.24. The van der Waals surface area contributed by atoms with E-state index in [0.717, 1.165) is 5.92 Å². The Kier molecular flexibility index (Phi) is 27.0. The van der Waals surface area contributed by atoms with Crippen LogP contribution in [0.1, 0.15) is 188 Å². The minimum atomic E-state index is 1.04. The Morgan fingerprint density at radius 3 is 0.733 bits per heavy atom. The number of unbranched alkanes of at least 4 members (excludes halogenated alkanes) is 20. The van der Waals surface area contributed by atoms with Crippen LogP contribution in [0.25, 0.3) is 0 Å².